The van der Waals surface area contributed by atoms with Crippen molar-refractivity contribution in [2.24, 2.45) is 5.11 Å². The summed E-state index contributed by atoms with van der Waals surface area (Å²) < 4.78 is 0. The van der Waals surface area contributed by atoms with Crippen molar-refractivity contribution in [3.63, 3.8) is 0 Å². The molecule has 76 valence electrons. The van der Waals surface area contributed by atoms with Crippen LogP contribution in [-0.4, -0.2) is 6.54 Å². The highest BCUT2D eigenvalue weighted by atomic mass is 15.1. The lowest BCUT2D eigenvalue weighted by Gasteiger charge is -1.98. The Kier molecular flexibility index (Phi) is 4.08. The first-order valence-electron chi connectivity index (χ1n) is 4.60. The molecule has 0 unspecified atom stereocenters. The molecule has 0 aliphatic heterocycles. The number of nitrogen functional groups attached to an aromatic ring is 1. The smallest absolute Gasteiger partial charge is 0.0477 e. The third-order valence-corrected chi connectivity index (χ3v) is 1.83. The second-order valence-electron chi connectivity index (χ2n) is 3.10. The van der Waals surface area contributed by atoms with Crippen molar-refractivity contribution in [2.45, 2.75) is 13.3 Å². The minimum Gasteiger partial charge on any atom is -0.398 e. The lowest BCUT2D eigenvalue weighted by Crippen LogP contribution is -1.90. The van der Waals surface area contributed by atoms with E-state index in [1.165, 1.54) is 0 Å². The molecule has 1 rings (SSSR count). The van der Waals surface area contributed by atoms with Gasteiger partial charge in [0.05, 0.1) is 0 Å². The van der Waals surface area contributed by atoms with Crippen LogP contribution in [0.25, 0.3) is 10.4 Å². The molecule has 0 aliphatic carbocycles. The molecule has 4 nitrogen and oxygen atoms in total. The van der Waals surface area contributed by atoms with Gasteiger partial charge in [0.25, 0.3) is 0 Å². The lowest BCUT2D eigenvalue weighted by atomic mass is 10.1. The van der Waals surface area contributed by atoms with Crippen LogP contribution in [0.2, 0.25) is 0 Å². The summed E-state index contributed by atoms with van der Waals surface area (Å²) in [6, 6.07) is 5.73. The standard InChI is InChI=1S/C11H12N4/c1-9-5-6-11(12)10(8-9)4-2-3-7-14-15-13/h5-6,8H,3,7,12H2,1H3. The average Bonchev–Trinajstić information content (AvgIpc) is 2.23. The summed E-state index contributed by atoms with van der Waals surface area (Å²) in [6.45, 7) is 2.39. The van der Waals surface area contributed by atoms with E-state index in [9.17, 15) is 0 Å². The van der Waals surface area contributed by atoms with E-state index in [2.05, 4.69) is 21.9 Å². The van der Waals surface area contributed by atoms with E-state index in [0.29, 0.717) is 18.7 Å². The first-order valence-corrected chi connectivity index (χ1v) is 4.60. The van der Waals surface area contributed by atoms with Gasteiger partial charge in [-0.1, -0.05) is 23.0 Å². The zero-order valence-corrected chi connectivity index (χ0v) is 8.57. The average molecular weight is 200 g/mol. The third kappa shape index (κ3) is 3.63. The Morgan fingerprint density at radius 3 is 3.07 bits per heavy atom. The minimum absolute atomic E-state index is 0.398. The summed E-state index contributed by atoms with van der Waals surface area (Å²) in [5.74, 6) is 5.86. The van der Waals surface area contributed by atoms with Gasteiger partial charge in [0, 0.05) is 29.1 Å². The molecule has 0 saturated carbocycles. The van der Waals surface area contributed by atoms with Gasteiger partial charge < -0.3 is 5.73 Å². The van der Waals surface area contributed by atoms with Gasteiger partial charge in [-0.15, -0.1) is 0 Å². The van der Waals surface area contributed by atoms with Crippen molar-refractivity contribution in [3.05, 3.63) is 39.8 Å². The number of rotatable bonds is 2. The topological polar surface area (TPSA) is 74.8 Å². The SMILES string of the molecule is Cc1ccc(N)c(C#CCCN=[N+]=[N-])c1. The molecule has 2 N–H and O–H groups in total. The molecule has 0 atom stereocenters. The number of nitrogens with two attached hydrogens (primary N) is 1. The summed E-state index contributed by atoms with van der Waals surface area (Å²) in [5, 5.41) is 3.39. The van der Waals surface area contributed by atoms with Crippen molar-refractivity contribution in [1.29, 1.82) is 0 Å². The second kappa shape index (κ2) is 5.58. The predicted octanol–water partition coefficient (Wildman–Crippen LogP) is 2.63. The Morgan fingerprint density at radius 1 is 1.53 bits per heavy atom. The van der Waals surface area contributed by atoms with E-state index in [1.54, 1.807) is 0 Å². The molecule has 0 aromatic heterocycles. The van der Waals surface area contributed by atoms with Crippen molar-refractivity contribution in [3.8, 4) is 11.8 Å². The normalized spacial score (nSPS) is 8.60. The van der Waals surface area contributed by atoms with Gasteiger partial charge in [-0.2, -0.15) is 0 Å². The molecule has 0 bridgehead atoms. The highest BCUT2D eigenvalue weighted by Gasteiger charge is 1.94. The van der Waals surface area contributed by atoms with Gasteiger partial charge in [-0.3, -0.25) is 0 Å². The largest absolute Gasteiger partial charge is 0.398 e. The van der Waals surface area contributed by atoms with E-state index in [-0.39, 0.29) is 0 Å². The maximum atomic E-state index is 8.05. The van der Waals surface area contributed by atoms with E-state index in [1.807, 2.05) is 25.1 Å². The molecular weight excluding hydrogens is 188 g/mol. The molecule has 4 heteroatoms. The monoisotopic (exact) mass is 200 g/mol. The molecule has 15 heavy (non-hydrogen) atoms. The van der Waals surface area contributed by atoms with Crippen LogP contribution in [0.3, 0.4) is 0 Å². The number of anilines is 1. The summed E-state index contributed by atoms with van der Waals surface area (Å²) in [4.78, 5) is 2.64. The zero-order valence-electron chi connectivity index (χ0n) is 8.57. The van der Waals surface area contributed by atoms with E-state index >= 15 is 0 Å². The van der Waals surface area contributed by atoms with Gasteiger partial charge in [0.15, 0.2) is 0 Å². The van der Waals surface area contributed by atoms with Gasteiger partial charge in [-0.05, 0) is 30.2 Å². The lowest BCUT2D eigenvalue weighted by molar-refractivity contribution is 1.01. The third-order valence-electron chi connectivity index (χ3n) is 1.83. The fourth-order valence-electron chi connectivity index (χ4n) is 1.09. The van der Waals surface area contributed by atoms with Crippen LogP contribution in [0.15, 0.2) is 23.3 Å². The number of benzene rings is 1. The number of azide groups is 1. The molecule has 0 spiro atoms. The van der Waals surface area contributed by atoms with Crippen molar-refractivity contribution < 1.29 is 0 Å². The van der Waals surface area contributed by atoms with E-state index in [4.69, 9.17) is 11.3 Å². The number of aryl methyl sites for hydroxylation is 1. The summed E-state index contributed by atoms with van der Waals surface area (Å²) in [5.41, 5.74) is 16.4. The van der Waals surface area contributed by atoms with Gasteiger partial charge >= 0.3 is 0 Å². The maximum Gasteiger partial charge on any atom is 0.0477 e. The number of hydrogen-bond acceptors (Lipinski definition) is 2. The van der Waals surface area contributed by atoms with E-state index in [0.717, 1.165) is 11.1 Å². The minimum atomic E-state index is 0.398. The quantitative estimate of drug-likeness (QED) is 0.195. The second-order valence-corrected chi connectivity index (χ2v) is 3.10. The first kappa shape index (κ1) is 11.0. The molecule has 0 fully saturated rings. The fourth-order valence-corrected chi connectivity index (χ4v) is 1.09. The van der Waals surface area contributed by atoms with Crippen LogP contribution in [-0.2, 0) is 0 Å². The van der Waals surface area contributed by atoms with Crippen LogP contribution >= 0.6 is 0 Å². The van der Waals surface area contributed by atoms with Crippen molar-refractivity contribution >= 4 is 5.69 Å². The molecule has 0 heterocycles. The molecule has 0 amide bonds. The Balaban J connectivity index is 2.70. The van der Waals surface area contributed by atoms with Crippen LogP contribution in [0.5, 0.6) is 0 Å². The highest BCUT2D eigenvalue weighted by molar-refractivity contribution is 5.56. The zero-order chi connectivity index (χ0) is 11.1. The van der Waals surface area contributed by atoms with Crippen molar-refractivity contribution in [1.82, 2.24) is 0 Å². The number of hydrogen-bond donors (Lipinski definition) is 1. The van der Waals surface area contributed by atoms with Gasteiger partial charge in [-0.25, -0.2) is 0 Å². The van der Waals surface area contributed by atoms with Crippen LogP contribution < -0.4 is 5.73 Å². The van der Waals surface area contributed by atoms with Gasteiger partial charge in [0.1, 0.15) is 0 Å². The van der Waals surface area contributed by atoms with Crippen LogP contribution in [0, 0.1) is 18.8 Å². The molecule has 1 aromatic rings. The Bertz CT molecular complexity index is 447. The first-order chi connectivity index (χ1) is 7.24. The number of nitrogens with zero attached hydrogens (tertiary/aromatic N) is 3. The molecule has 1 aromatic carbocycles. The van der Waals surface area contributed by atoms with Crippen molar-refractivity contribution in [2.75, 3.05) is 12.3 Å². The Hall–Kier alpha value is -2.11. The Labute approximate surface area is 88.7 Å². The van der Waals surface area contributed by atoms with Crippen LogP contribution in [0.1, 0.15) is 17.5 Å². The molecule has 0 radical (unpaired) electrons. The highest BCUT2D eigenvalue weighted by Crippen LogP contribution is 2.11. The molecule has 0 saturated heterocycles. The fraction of sp³-hybridized carbons (Fsp3) is 0.273. The summed E-state index contributed by atoms with van der Waals surface area (Å²) in [6.07, 6.45) is 0.553. The summed E-state index contributed by atoms with van der Waals surface area (Å²) in [7, 11) is 0. The maximum absolute atomic E-state index is 8.05. The predicted molar refractivity (Wildman–Crippen MR) is 61.1 cm³/mol. The van der Waals surface area contributed by atoms with Gasteiger partial charge in [0.2, 0.25) is 0 Å². The molecular formula is C11H12N4. The summed E-state index contributed by atoms with van der Waals surface area (Å²) >= 11 is 0. The van der Waals surface area contributed by atoms with E-state index < -0.39 is 0 Å². The van der Waals surface area contributed by atoms with Crippen LogP contribution in [0.4, 0.5) is 5.69 Å². The Morgan fingerprint density at radius 2 is 2.33 bits per heavy atom. The molecule has 0 aliphatic rings.